The summed E-state index contributed by atoms with van der Waals surface area (Å²) in [5, 5.41) is 4.88. The Morgan fingerprint density at radius 1 is 1.17 bits per heavy atom. The van der Waals surface area contributed by atoms with Crippen molar-refractivity contribution in [3.05, 3.63) is 39.9 Å². The van der Waals surface area contributed by atoms with E-state index in [2.05, 4.69) is 62.4 Å². The van der Waals surface area contributed by atoms with E-state index in [1.165, 1.54) is 47.1 Å². The molecule has 0 atom stereocenters. The molecule has 0 amide bonds. The third-order valence-corrected chi connectivity index (χ3v) is 6.48. The SMILES string of the molecule is CCc1sc2ncnc(NC3CCCC3)c2c1-c1ccc(Br)cc1. The molecule has 1 saturated carbocycles. The van der Waals surface area contributed by atoms with Crippen LogP contribution in [-0.2, 0) is 6.42 Å². The minimum Gasteiger partial charge on any atom is -0.367 e. The lowest BCUT2D eigenvalue weighted by Crippen LogP contribution is -2.15. The van der Waals surface area contributed by atoms with E-state index in [-0.39, 0.29) is 0 Å². The maximum atomic E-state index is 4.60. The lowest BCUT2D eigenvalue weighted by Gasteiger charge is -2.14. The van der Waals surface area contributed by atoms with Gasteiger partial charge in [-0.2, -0.15) is 0 Å². The van der Waals surface area contributed by atoms with Crippen LogP contribution in [-0.4, -0.2) is 16.0 Å². The second-order valence-corrected chi connectivity index (χ2v) is 8.29. The second-order valence-electron chi connectivity index (χ2n) is 6.29. The Bertz CT molecular complexity index is 851. The van der Waals surface area contributed by atoms with Crippen LogP contribution in [0.5, 0.6) is 0 Å². The molecular formula is C19H20BrN3S. The Balaban J connectivity index is 1.87. The summed E-state index contributed by atoms with van der Waals surface area (Å²) >= 11 is 5.32. The first kappa shape index (κ1) is 16.0. The molecule has 1 aliphatic carbocycles. The van der Waals surface area contributed by atoms with Crippen molar-refractivity contribution < 1.29 is 0 Å². The van der Waals surface area contributed by atoms with Gasteiger partial charge in [0.1, 0.15) is 17.0 Å². The number of aromatic nitrogens is 2. The van der Waals surface area contributed by atoms with Gasteiger partial charge in [0, 0.05) is 21.0 Å². The average Bonchev–Trinajstić information content (AvgIpc) is 3.23. The highest BCUT2D eigenvalue weighted by atomic mass is 79.9. The maximum Gasteiger partial charge on any atom is 0.139 e. The van der Waals surface area contributed by atoms with Crippen molar-refractivity contribution in [2.24, 2.45) is 0 Å². The highest BCUT2D eigenvalue weighted by Crippen LogP contribution is 2.41. The summed E-state index contributed by atoms with van der Waals surface area (Å²) in [5.41, 5.74) is 2.54. The van der Waals surface area contributed by atoms with Gasteiger partial charge < -0.3 is 5.32 Å². The molecule has 124 valence electrons. The predicted octanol–water partition coefficient (Wildman–Crippen LogP) is 6.04. The first-order valence-electron chi connectivity index (χ1n) is 8.55. The van der Waals surface area contributed by atoms with Gasteiger partial charge in [-0.15, -0.1) is 11.3 Å². The number of halogens is 1. The Kier molecular flexibility index (Phi) is 4.55. The van der Waals surface area contributed by atoms with Crippen LogP contribution in [0, 0.1) is 0 Å². The topological polar surface area (TPSA) is 37.8 Å². The zero-order valence-corrected chi connectivity index (χ0v) is 16.1. The number of rotatable bonds is 4. The summed E-state index contributed by atoms with van der Waals surface area (Å²) in [7, 11) is 0. The summed E-state index contributed by atoms with van der Waals surface area (Å²) in [5.74, 6) is 1.00. The Hall–Kier alpha value is -1.46. The smallest absolute Gasteiger partial charge is 0.139 e. The molecule has 5 heteroatoms. The fourth-order valence-electron chi connectivity index (χ4n) is 3.52. The molecule has 1 aliphatic rings. The Labute approximate surface area is 154 Å². The number of nitrogens with one attached hydrogen (secondary N) is 1. The van der Waals surface area contributed by atoms with Gasteiger partial charge >= 0.3 is 0 Å². The normalized spacial score (nSPS) is 15.2. The van der Waals surface area contributed by atoms with Crippen molar-refractivity contribution in [2.75, 3.05) is 5.32 Å². The van der Waals surface area contributed by atoms with Crippen molar-refractivity contribution >= 4 is 43.3 Å². The quantitative estimate of drug-likeness (QED) is 0.578. The summed E-state index contributed by atoms with van der Waals surface area (Å²) < 4.78 is 1.10. The molecule has 0 spiro atoms. The fourth-order valence-corrected chi connectivity index (χ4v) is 4.89. The zero-order chi connectivity index (χ0) is 16.5. The van der Waals surface area contributed by atoms with Gasteiger partial charge in [-0.1, -0.05) is 47.8 Å². The standard InChI is InChI=1S/C19H20BrN3S/c1-2-15-16(12-7-9-13(20)10-8-12)17-18(21-11-22-19(17)24-15)23-14-5-3-4-6-14/h7-11,14H,2-6H2,1H3,(H,21,22,23). The highest BCUT2D eigenvalue weighted by Gasteiger charge is 2.21. The number of hydrogen-bond donors (Lipinski definition) is 1. The van der Waals surface area contributed by atoms with E-state index in [0.29, 0.717) is 6.04 Å². The van der Waals surface area contributed by atoms with Crippen LogP contribution in [0.1, 0.15) is 37.5 Å². The number of anilines is 1. The van der Waals surface area contributed by atoms with E-state index in [1.54, 1.807) is 17.7 Å². The van der Waals surface area contributed by atoms with E-state index in [4.69, 9.17) is 0 Å². The van der Waals surface area contributed by atoms with Gasteiger partial charge in [0.05, 0.1) is 5.39 Å². The van der Waals surface area contributed by atoms with Crippen LogP contribution in [0.25, 0.3) is 21.3 Å². The molecule has 4 rings (SSSR count). The van der Waals surface area contributed by atoms with E-state index < -0.39 is 0 Å². The average molecular weight is 402 g/mol. The van der Waals surface area contributed by atoms with Crippen molar-refractivity contribution in [2.45, 2.75) is 45.1 Å². The van der Waals surface area contributed by atoms with Crippen LogP contribution in [0.15, 0.2) is 35.1 Å². The third kappa shape index (κ3) is 2.95. The summed E-state index contributed by atoms with van der Waals surface area (Å²) in [6.07, 6.45) is 7.81. The van der Waals surface area contributed by atoms with Gasteiger partial charge in [-0.3, -0.25) is 0 Å². The fraction of sp³-hybridized carbons (Fsp3) is 0.368. The molecule has 24 heavy (non-hydrogen) atoms. The van der Waals surface area contributed by atoms with Gasteiger partial charge in [0.15, 0.2) is 0 Å². The Morgan fingerprint density at radius 2 is 1.92 bits per heavy atom. The van der Waals surface area contributed by atoms with Gasteiger partial charge in [0.25, 0.3) is 0 Å². The van der Waals surface area contributed by atoms with Crippen LogP contribution in [0.2, 0.25) is 0 Å². The van der Waals surface area contributed by atoms with E-state index in [1.807, 2.05) is 0 Å². The number of thiophene rings is 1. The zero-order valence-electron chi connectivity index (χ0n) is 13.7. The number of benzene rings is 1. The Morgan fingerprint density at radius 3 is 2.62 bits per heavy atom. The maximum absolute atomic E-state index is 4.60. The molecule has 2 heterocycles. The molecule has 0 unspecified atom stereocenters. The highest BCUT2D eigenvalue weighted by molar-refractivity contribution is 9.10. The summed E-state index contributed by atoms with van der Waals surface area (Å²) in [6.45, 7) is 2.21. The third-order valence-electron chi connectivity index (χ3n) is 4.71. The molecule has 3 aromatic rings. The molecule has 0 aliphatic heterocycles. The number of fused-ring (bicyclic) bond motifs is 1. The first-order valence-corrected chi connectivity index (χ1v) is 10.2. The molecular weight excluding hydrogens is 382 g/mol. The number of nitrogens with zero attached hydrogens (tertiary/aromatic N) is 2. The van der Waals surface area contributed by atoms with Crippen molar-refractivity contribution in [3.8, 4) is 11.1 Å². The van der Waals surface area contributed by atoms with E-state index in [0.717, 1.165) is 21.5 Å². The molecule has 3 nitrogen and oxygen atoms in total. The summed E-state index contributed by atoms with van der Waals surface area (Å²) in [6, 6.07) is 9.11. The van der Waals surface area contributed by atoms with Crippen LogP contribution in [0.3, 0.4) is 0 Å². The lowest BCUT2D eigenvalue weighted by molar-refractivity contribution is 0.751. The molecule has 1 fully saturated rings. The van der Waals surface area contributed by atoms with E-state index in [9.17, 15) is 0 Å². The predicted molar refractivity (Wildman–Crippen MR) is 106 cm³/mol. The first-order chi connectivity index (χ1) is 11.8. The van der Waals surface area contributed by atoms with Crippen molar-refractivity contribution in [1.29, 1.82) is 0 Å². The molecule has 0 saturated heterocycles. The minimum atomic E-state index is 0.547. The summed E-state index contributed by atoms with van der Waals surface area (Å²) in [4.78, 5) is 11.6. The lowest BCUT2D eigenvalue weighted by atomic mass is 10.0. The van der Waals surface area contributed by atoms with E-state index >= 15 is 0 Å². The van der Waals surface area contributed by atoms with Gasteiger partial charge in [-0.05, 0) is 37.0 Å². The monoisotopic (exact) mass is 401 g/mol. The molecule has 0 radical (unpaired) electrons. The van der Waals surface area contributed by atoms with Gasteiger partial charge in [-0.25, -0.2) is 9.97 Å². The molecule has 1 N–H and O–H groups in total. The van der Waals surface area contributed by atoms with Crippen molar-refractivity contribution in [3.63, 3.8) is 0 Å². The number of hydrogen-bond acceptors (Lipinski definition) is 4. The van der Waals surface area contributed by atoms with Crippen LogP contribution < -0.4 is 5.32 Å². The van der Waals surface area contributed by atoms with Crippen molar-refractivity contribution in [1.82, 2.24) is 9.97 Å². The minimum absolute atomic E-state index is 0.547. The number of aryl methyl sites for hydroxylation is 1. The largest absolute Gasteiger partial charge is 0.367 e. The van der Waals surface area contributed by atoms with Crippen LogP contribution >= 0.6 is 27.3 Å². The molecule has 2 aromatic heterocycles. The molecule has 1 aromatic carbocycles. The second kappa shape index (κ2) is 6.81. The van der Waals surface area contributed by atoms with Gasteiger partial charge in [0.2, 0.25) is 0 Å². The molecule has 0 bridgehead atoms. The van der Waals surface area contributed by atoms with Crippen LogP contribution in [0.4, 0.5) is 5.82 Å².